The Hall–Kier alpha value is -1.07. The van der Waals surface area contributed by atoms with Crippen LogP contribution in [0.1, 0.15) is 18.5 Å². The lowest BCUT2D eigenvalue weighted by Gasteiger charge is -2.15. The van der Waals surface area contributed by atoms with E-state index in [1.165, 1.54) is 12.8 Å². The molecule has 0 aromatic carbocycles. The van der Waals surface area contributed by atoms with Gasteiger partial charge in [0, 0.05) is 31.2 Å². The van der Waals surface area contributed by atoms with E-state index < -0.39 is 0 Å². The minimum atomic E-state index is 0.559. The summed E-state index contributed by atoms with van der Waals surface area (Å²) >= 11 is 1.67. The lowest BCUT2D eigenvalue weighted by molar-refractivity contribution is 0.899. The summed E-state index contributed by atoms with van der Waals surface area (Å²) in [6, 6.07) is 0. The van der Waals surface area contributed by atoms with Crippen LogP contribution in [0, 0.1) is 0 Å². The van der Waals surface area contributed by atoms with Crippen molar-refractivity contribution in [3.8, 4) is 0 Å². The smallest absolute Gasteiger partial charge is 0.195 e. The van der Waals surface area contributed by atoms with Gasteiger partial charge in [0.15, 0.2) is 10.8 Å². The van der Waals surface area contributed by atoms with E-state index in [0.29, 0.717) is 6.54 Å². The van der Waals surface area contributed by atoms with Crippen molar-refractivity contribution in [1.29, 1.82) is 0 Å². The van der Waals surface area contributed by atoms with Crippen molar-refractivity contribution in [1.82, 2.24) is 9.38 Å². The summed E-state index contributed by atoms with van der Waals surface area (Å²) in [5.74, 6) is 1.10. The maximum absolute atomic E-state index is 5.81. The monoisotopic (exact) mass is 222 g/mol. The van der Waals surface area contributed by atoms with Crippen LogP contribution >= 0.6 is 11.3 Å². The molecule has 0 bridgehead atoms. The summed E-state index contributed by atoms with van der Waals surface area (Å²) in [7, 11) is 0. The summed E-state index contributed by atoms with van der Waals surface area (Å²) in [5.41, 5.74) is 6.95. The van der Waals surface area contributed by atoms with E-state index in [4.69, 9.17) is 5.73 Å². The molecule has 3 heterocycles. The number of anilines is 1. The minimum Gasteiger partial charge on any atom is -0.355 e. The number of nitrogens with zero attached hydrogens (tertiary/aromatic N) is 3. The zero-order chi connectivity index (χ0) is 10.3. The van der Waals surface area contributed by atoms with Crippen LogP contribution in [0.3, 0.4) is 0 Å². The number of imidazole rings is 1. The molecule has 0 unspecified atom stereocenters. The maximum Gasteiger partial charge on any atom is 0.195 e. The highest BCUT2D eigenvalue weighted by Gasteiger charge is 2.20. The lowest BCUT2D eigenvalue weighted by atomic mass is 10.4. The third-order valence-corrected chi connectivity index (χ3v) is 3.70. The zero-order valence-electron chi connectivity index (χ0n) is 8.52. The van der Waals surface area contributed by atoms with Crippen LogP contribution in [0.5, 0.6) is 0 Å². The molecule has 80 valence electrons. The van der Waals surface area contributed by atoms with Crippen LogP contribution in [-0.2, 0) is 6.54 Å². The van der Waals surface area contributed by atoms with E-state index in [0.717, 1.165) is 29.6 Å². The van der Waals surface area contributed by atoms with Gasteiger partial charge in [-0.15, -0.1) is 11.3 Å². The third-order valence-electron chi connectivity index (χ3n) is 2.94. The second kappa shape index (κ2) is 3.50. The molecule has 1 aliphatic heterocycles. The molecule has 3 rings (SSSR count). The molecule has 1 saturated heterocycles. The van der Waals surface area contributed by atoms with Gasteiger partial charge < -0.3 is 10.6 Å². The number of fused-ring (bicyclic) bond motifs is 1. The second-order valence-electron chi connectivity index (χ2n) is 3.84. The quantitative estimate of drug-likeness (QED) is 0.836. The Bertz CT molecular complexity index is 467. The van der Waals surface area contributed by atoms with Gasteiger partial charge in [-0.2, -0.15) is 0 Å². The Kier molecular flexibility index (Phi) is 2.14. The Morgan fingerprint density at radius 3 is 2.93 bits per heavy atom. The average Bonchev–Trinajstić information content (AvgIpc) is 2.93. The van der Waals surface area contributed by atoms with Gasteiger partial charge >= 0.3 is 0 Å². The fourth-order valence-corrected chi connectivity index (χ4v) is 2.92. The number of aromatic nitrogens is 2. The normalized spacial score (nSPS) is 16.7. The summed E-state index contributed by atoms with van der Waals surface area (Å²) in [6.07, 6.45) is 4.60. The molecule has 0 saturated carbocycles. The second-order valence-corrected chi connectivity index (χ2v) is 4.71. The van der Waals surface area contributed by atoms with Crippen LogP contribution in [-0.4, -0.2) is 22.5 Å². The first-order valence-corrected chi connectivity index (χ1v) is 6.17. The molecule has 5 heteroatoms. The van der Waals surface area contributed by atoms with E-state index in [9.17, 15) is 0 Å². The van der Waals surface area contributed by atoms with Gasteiger partial charge in [0.1, 0.15) is 0 Å². The first-order valence-electron chi connectivity index (χ1n) is 5.29. The molecular weight excluding hydrogens is 208 g/mol. The van der Waals surface area contributed by atoms with Gasteiger partial charge in [-0.25, -0.2) is 4.98 Å². The number of hydrogen-bond donors (Lipinski definition) is 1. The molecule has 0 aliphatic carbocycles. The maximum atomic E-state index is 5.81. The largest absolute Gasteiger partial charge is 0.355 e. The highest BCUT2D eigenvalue weighted by Crippen LogP contribution is 2.26. The van der Waals surface area contributed by atoms with E-state index >= 15 is 0 Å². The molecule has 15 heavy (non-hydrogen) atoms. The van der Waals surface area contributed by atoms with Gasteiger partial charge in [-0.05, 0) is 12.8 Å². The van der Waals surface area contributed by atoms with E-state index in [-0.39, 0.29) is 0 Å². The summed E-state index contributed by atoms with van der Waals surface area (Å²) in [6.45, 7) is 2.80. The number of hydrogen-bond acceptors (Lipinski definition) is 4. The highest BCUT2D eigenvalue weighted by molar-refractivity contribution is 7.15. The Morgan fingerprint density at radius 1 is 1.40 bits per heavy atom. The molecule has 0 atom stereocenters. The van der Waals surface area contributed by atoms with Gasteiger partial charge in [0.2, 0.25) is 0 Å². The molecule has 0 spiro atoms. The molecule has 0 radical (unpaired) electrons. The molecule has 0 amide bonds. The van der Waals surface area contributed by atoms with Crippen molar-refractivity contribution in [2.75, 3.05) is 18.0 Å². The van der Waals surface area contributed by atoms with Gasteiger partial charge in [-0.3, -0.25) is 4.40 Å². The van der Waals surface area contributed by atoms with Crippen molar-refractivity contribution in [2.45, 2.75) is 19.4 Å². The predicted molar refractivity (Wildman–Crippen MR) is 62.4 cm³/mol. The Balaban J connectivity index is 2.11. The van der Waals surface area contributed by atoms with Gasteiger partial charge in [0.25, 0.3) is 0 Å². The first kappa shape index (κ1) is 9.18. The third kappa shape index (κ3) is 1.34. The standard InChI is InChI=1S/C10H14N4S/c11-7-8-9(13-3-1-2-4-13)12-10-14(8)5-6-15-10/h5-6H,1-4,7,11H2. The first-order chi connectivity index (χ1) is 7.40. The van der Waals surface area contributed by atoms with Crippen molar-refractivity contribution in [3.63, 3.8) is 0 Å². The van der Waals surface area contributed by atoms with Crippen LogP contribution in [0.4, 0.5) is 5.82 Å². The predicted octanol–water partition coefficient (Wildman–Crippen LogP) is 1.45. The van der Waals surface area contributed by atoms with Crippen molar-refractivity contribution in [2.24, 2.45) is 5.73 Å². The Labute approximate surface area is 92.3 Å². The average molecular weight is 222 g/mol. The minimum absolute atomic E-state index is 0.559. The van der Waals surface area contributed by atoms with Crippen LogP contribution < -0.4 is 10.6 Å². The molecule has 4 nitrogen and oxygen atoms in total. The van der Waals surface area contributed by atoms with Gasteiger partial charge in [0.05, 0.1) is 5.69 Å². The zero-order valence-corrected chi connectivity index (χ0v) is 9.33. The summed E-state index contributed by atoms with van der Waals surface area (Å²) in [4.78, 5) is 8.06. The highest BCUT2D eigenvalue weighted by atomic mass is 32.1. The Morgan fingerprint density at radius 2 is 2.20 bits per heavy atom. The van der Waals surface area contributed by atoms with Crippen LogP contribution in [0.25, 0.3) is 4.96 Å². The number of thiazole rings is 1. The fraction of sp³-hybridized carbons (Fsp3) is 0.500. The topological polar surface area (TPSA) is 46.6 Å². The SMILES string of the molecule is NCc1c(N2CCCC2)nc2sccn12. The summed E-state index contributed by atoms with van der Waals surface area (Å²) in [5, 5.41) is 2.05. The van der Waals surface area contributed by atoms with E-state index in [1.54, 1.807) is 11.3 Å². The molecule has 2 aromatic heterocycles. The van der Waals surface area contributed by atoms with E-state index in [1.807, 2.05) is 0 Å². The van der Waals surface area contributed by atoms with Crippen molar-refractivity contribution in [3.05, 3.63) is 17.3 Å². The van der Waals surface area contributed by atoms with Crippen molar-refractivity contribution < 1.29 is 0 Å². The molecule has 2 N–H and O–H groups in total. The van der Waals surface area contributed by atoms with Gasteiger partial charge in [-0.1, -0.05) is 0 Å². The molecule has 1 aliphatic rings. The van der Waals surface area contributed by atoms with E-state index in [2.05, 4.69) is 25.9 Å². The number of rotatable bonds is 2. The van der Waals surface area contributed by atoms with Crippen LogP contribution in [0.15, 0.2) is 11.6 Å². The molecule has 2 aromatic rings. The molecule has 1 fully saturated rings. The lowest BCUT2D eigenvalue weighted by Crippen LogP contribution is -2.20. The fourth-order valence-electron chi connectivity index (χ4n) is 2.19. The summed E-state index contributed by atoms with van der Waals surface area (Å²) < 4.78 is 2.11. The molecular formula is C10H14N4S. The van der Waals surface area contributed by atoms with Crippen molar-refractivity contribution >= 4 is 22.1 Å². The van der Waals surface area contributed by atoms with Crippen LogP contribution in [0.2, 0.25) is 0 Å². The number of nitrogens with two attached hydrogens (primary N) is 1.